The molecule has 3 aromatic rings. The Hall–Kier alpha value is -2.84. The van der Waals surface area contributed by atoms with Gasteiger partial charge in [0.05, 0.1) is 24.4 Å². The molecule has 0 radical (unpaired) electrons. The van der Waals surface area contributed by atoms with E-state index in [1.165, 1.54) is 0 Å². The van der Waals surface area contributed by atoms with E-state index in [-0.39, 0.29) is 0 Å². The summed E-state index contributed by atoms with van der Waals surface area (Å²) in [6.07, 6.45) is 0. The van der Waals surface area contributed by atoms with E-state index in [0.717, 1.165) is 27.8 Å². The summed E-state index contributed by atoms with van der Waals surface area (Å²) < 4.78 is 5.14. The van der Waals surface area contributed by atoms with Gasteiger partial charge < -0.3 is 10.1 Å². The van der Waals surface area contributed by atoms with E-state index in [9.17, 15) is 0 Å². The van der Waals surface area contributed by atoms with Crippen LogP contribution in [0.2, 0.25) is 0 Å². The number of nitrogens with one attached hydrogen (secondary N) is 1. The van der Waals surface area contributed by atoms with Crippen molar-refractivity contribution in [3.63, 3.8) is 0 Å². The predicted octanol–water partition coefficient (Wildman–Crippen LogP) is 4.43. The lowest BCUT2D eigenvalue weighted by Crippen LogP contribution is -1.90. The Bertz CT molecular complexity index is 801. The van der Waals surface area contributed by atoms with Crippen molar-refractivity contribution in [2.45, 2.75) is 0 Å². The quantitative estimate of drug-likeness (QED) is 0.774. The number of benzene rings is 2. The van der Waals surface area contributed by atoms with E-state index >= 15 is 0 Å². The molecule has 0 aliphatic carbocycles. The molecule has 1 aromatic heterocycles. The van der Waals surface area contributed by atoms with Gasteiger partial charge in [-0.1, -0.05) is 12.1 Å². The first-order valence-electron chi connectivity index (χ1n) is 6.65. The summed E-state index contributed by atoms with van der Waals surface area (Å²) in [4.78, 5) is 4.57. The van der Waals surface area contributed by atoms with Crippen LogP contribution < -0.4 is 10.1 Å². The topological polar surface area (TPSA) is 57.9 Å². The molecule has 0 aliphatic heterocycles. The van der Waals surface area contributed by atoms with Gasteiger partial charge in [0.1, 0.15) is 5.75 Å². The van der Waals surface area contributed by atoms with Crippen molar-refractivity contribution in [2.75, 3.05) is 12.4 Å². The molecule has 0 saturated heterocycles. The maximum atomic E-state index is 8.82. The van der Waals surface area contributed by atoms with Gasteiger partial charge in [0.25, 0.3) is 0 Å². The molecule has 0 spiro atoms. The second-order valence-electron chi connectivity index (χ2n) is 4.58. The molecule has 5 heteroatoms. The molecule has 3 rings (SSSR count). The number of methoxy groups -OCH3 is 1. The molecule has 108 valence electrons. The van der Waals surface area contributed by atoms with Gasteiger partial charge in [0.15, 0.2) is 5.13 Å². The summed E-state index contributed by atoms with van der Waals surface area (Å²) in [5.41, 5.74) is 3.50. The molecule has 0 atom stereocenters. The summed E-state index contributed by atoms with van der Waals surface area (Å²) in [5, 5.41) is 14.9. The first-order valence-corrected chi connectivity index (χ1v) is 7.53. The standard InChI is InChI=1S/C17H13N3OS/c1-21-15-8-6-14(7-9-15)19-17-20-16(11-22-17)13-4-2-12(10-18)3-5-13/h2-9,11H,1H3,(H,19,20). The van der Waals surface area contributed by atoms with Crippen LogP contribution in [0, 0.1) is 11.3 Å². The summed E-state index contributed by atoms with van der Waals surface area (Å²) in [7, 11) is 1.65. The van der Waals surface area contributed by atoms with Crippen molar-refractivity contribution in [3.8, 4) is 23.1 Å². The molecule has 2 aromatic carbocycles. The third-order valence-corrected chi connectivity index (χ3v) is 3.91. The normalized spacial score (nSPS) is 10.0. The van der Waals surface area contributed by atoms with Crippen molar-refractivity contribution in [2.24, 2.45) is 0 Å². The molecule has 22 heavy (non-hydrogen) atoms. The highest BCUT2D eigenvalue weighted by Gasteiger charge is 2.05. The molecule has 1 N–H and O–H groups in total. The Morgan fingerprint density at radius 2 is 1.82 bits per heavy atom. The molecule has 4 nitrogen and oxygen atoms in total. The molecule has 0 amide bonds. The van der Waals surface area contributed by atoms with Crippen LogP contribution in [0.3, 0.4) is 0 Å². The van der Waals surface area contributed by atoms with Gasteiger partial charge in [-0.2, -0.15) is 5.26 Å². The molecular weight excluding hydrogens is 294 g/mol. The molecule has 0 aliphatic rings. The van der Waals surface area contributed by atoms with Gasteiger partial charge in [0, 0.05) is 16.6 Å². The average molecular weight is 307 g/mol. The van der Waals surface area contributed by atoms with Crippen LogP contribution in [0.1, 0.15) is 5.56 Å². The first-order chi connectivity index (χ1) is 10.8. The minimum absolute atomic E-state index is 0.649. The van der Waals surface area contributed by atoms with Gasteiger partial charge in [-0.05, 0) is 36.4 Å². The molecule has 1 heterocycles. The Morgan fingerprint density at radius 3 is 2.45 bits per heavy atom. The van der Waals surface area contributed by atoms with Crippen LogP contribution in [0.25, 0.3) is 11.3 Å². The third-order valence-electron chi connectivity index (χ3n) is 3.16. The minimum Gasteiger partial charge on any atom is -0.497 e. The highest BCUT2D eigenvalue weighted by molar-refractivity contribution is 7.14. The predicted molar refractivity (Wildman–Crippen MR) is 88.5 cm³/mol. The SMILES string of the molecule is COc1ccc(Nc2nc(-c3ccc(C#N)cc3)cs2)cc1. The summed E-state index contributed by atoms with van der Waals surface area (Å²) >= 11 is 1.54. The number of anilines is 2. The lowest BCUT2D eigenvalue weighted by atomic mass is 10.1. The van der Waals surface area contributed by atoms with Gasteiger partial charge in [-0.3, -0.25) is 0 Å². The van der Waals surface area contributed by atoms with Gasteiger partial charge in [-0.15, -0.1) is 11.3 Å². The Kier molecular flexibility index (Phi) is 4.03. The molecule has 0 fully saturated rings. The maximum absolute atomic E-state index is 8.82. The van der Waals surface area contributed by atoms with E-state index in [2.05, 4.69) is 16.4 Å². The van der Waals surface area contributed by atoms with Crippen LogP contribution in [-0.4, -0.2) is 12.1 Å². The van der Waals surface area contributed by atoms with Gasteiger partial charge in [0.2, 0.25) is 0 Å². The van der Waals surface area contributed by atoms with E-state index in [1.807, 2.05) is 41.8 Å². The monoisotopic (exact) mass is 307 g/mol. The fourth-order valence-corrected chi connectivity index (χ4v) is 2.72. The summed E-state index contributed by atoms with van der Waals surface area (Å²) in [6.45, 7) is 0. The molecular formula is C17H13N3OS. The number of hydrogen-bond acceptors (Lipinski definition) is 5. The van der Waals surface area contributed by atoms with Crippen LogP contribution in [0.5, 0.6) is 5.75 Å². The van der Waals surface area contributed by atoms with Crippen molar-refractivity contribution in [3.05, 3.63) is 59.5 Å². The highest BCUT2D eigenvalue weighted by atomic mass is 32.1. The smallest absolute Gasteiger partial charge is 0.187 e. The van der Waals surface area contributed by atoms with E-state index in [4.69, 9.17) is 10.00 Å². The van der Waals surface area contributed by atoms with E-state index in [1.54, 1.807) is 30.6 Å². The molecule has 0 saturated carbocycles. The minimum atomic E-state index is 0.649. The number of thiazole rings is 1. The largest absolute Gasteiger partial charge is 0.497 e. The second kappa shape index (κ2) is 6.29. The van der Waals surface area contributed by atoms with Gasteiger partial charge in [-0.25, -0.2) is 4.98 Å². The van der Waals surface area contributed by atoms with E-state index < -0.39 is 0 Å². The van der Waals surface area contributed by atoms with Crippen molar-refractivity contribution < 1.29 is 4.74 Å². The number of nitriles is 1. The summed E-state index contributed by atoms with van der Waals surface area (Å²) in [5.74, 6) is 0.822. The Labute approximate surface area is 132 Å². The number of aromatic nitrogens is 1. The zero-order valence-corrected chi connectivity index (χ0v) is 12.7. The maximum Gasteiger partial charge on any atom is 0.187 e. The number of ether oxygens (including phenoxy) is 1. The Morgan fingerprint density at radius 1 is 1.09 bits per heavy atom. The van der Waals surface area contributed by atoms with Crippen molar-refractivity contribution in [1.29, 1.82) is 5.26 Å². The number of rotatable bonds is 4. The average Bonchev–Trinajstić information content (AvgIpc) is 3.04. The molecule has 0 bridgehead atoms. The fraction of sp³-hybridized carbons (Fsp3) is 0.0588. The van der Waals surface area contributed by atoms with E-state index in [0.29, 0.717) is 5.56 Å². The van der Waals surface area contributed by atoms with Crippen molar-refractivity contribution in [1.82, 2.24) is 4.98 Å². The zero-order chi connectivity index (χ0) is 15.4. The zero-order valence-electron chi connectivity index (χ0n) is 11.9. The van der Waals surface area contributed by atoms with Crippen molar-refractivity contribution >= 4 is 22.2 Å². The molecule has 0 unspecified atom stereocenters. The Balaban J connectivity index is 1.76. The van der Waals surface area contributed by atoms with Crippen LogP contribution in [0.15, 0.2) is 53.9 Å². The van der Waals surface area contributed by atoms with Crippen LogP contribution >= 0.6 is 11.3 Å². The lowest BCUT2D eigenvalue weighted by Gasteiger charge is -2.04. The number of hydrogen-bond donors (Lipinski definition) is 1. The number of nitrogens with zero attached hydrogens (tertiary/aromatic N) is 2. The summed E-state index contributed by atoms with van der Waals surface area (Å²) in [6, 6.07) is 17.2. The van der Waals surface area contributed by atoms with Gasteiger partial charge >= 0.3 is 0 Å². The fourth-order valence-electron chi connectivity index (χ4n) is 1.98. The first kappa shape index (κ1) is 14.1. The lowest BCUT2D eigenvalue weighted by molar-refractivity contribution is 0.415. The van der Waals surface area contributed by atoms with Crippen LogP contribution in [0.4, 0.5) is 10.8 Å². The van der Waals surface area contributed by atoms with Crippen LogP contribution in [-0.2, 0) is 0 Å². The highest BCUT2D eigenvalue weighted by Crippen LogP contribution is 2.27. The second-order valence-corrected chi connectivity index (χ2v) is 5.44. The third kappa shape index (κ3) is 3.08.